The molecule has 0 unspecified atom stereocenters. The number of imide groups is 1. The van der Waals surface area contributed by atoms with Crippen LogP contribution in [-0.2, 0) is 9.59 Å². The Morgan fingerprint density at radius 1 is 1.32 bits per heavy atom. The molecule has 0 aromatic heterocycles. The summed E-state index contributed by atoms with van der Waals surface area (Å²) in [5, 5.41) is 22.3. The lowest BCUT2D eigenvalue weighted by Crippen LogP contribution is -2.34. The molecule has 0 aliphatic carbocycles. The standard InChI is InChI=1S/C12H9Cl2N3O5/c13-6-3-7(14)11(9(4-6)17(21)22)15-8-5-10(19)16(1-2-18)12(8)20/h3-5,15,18H,1-2H2. The number of carbonyl (C=O) groups is 2. The summed E-state index contributed by atoms with van der Waals surface area (Å²) in [6.45, 7) is -0.559. The highest BCUT2D eigenvalue weighted by molar-refractivity contribution is 6.37. The second kappa shape index (κ2) is 6.30. The number of aliphatic hydroxyl groups is 1. The molecule has 2 N–H and O–H groups in total. The van der Waals surface area contributed by atoms with Crippen LogP contribution in [0.3, 0.4) is 0 Å². The molecule has 0 radical (unpaired) electrons. The molecule has 1 aliphatic rings. The first-order chi connectivity index (χ1) is 10.3. The predicted molar refractivity (Wildman–Crippen MR) is 78.6 cm³/mol. The Morgan fingerprint density at radius 2 is 2.00 bits per heavy atom. The van der Waals surface area contributed by atoms with Gasteiger partial charge in [-0.3, -0.25) is 24.6 Å². The number of anilines is 1. The van der Waals surface area contributed by atoms with Crippen molar-refractivity contribution < 1.29 is 19.6 Å². The van der Waals surface area contributed by atoms with Gasteiger partial charge in [0.2, 0.25) is 0 Å². The van der Waals surface area contributed by atoms with E-state index >= 15 is 0 Å². The minimum atomic E-state index is -0.715. The Kier molecular flexibility index (Phi) is 4.65. The molecular weight excluding hydrogens is 337 g/mol. The molecule has 1 aliphatic heterocycles. The topological polar surface area (TPSA) is 113 Å². The lowest BCUT2D eigenvalue weighted by Gasteiger charge is -2.14. The summed E-state index contributed by atoms with van der Waals surface area (Å²) in [7, 11) is 0. The predicted octanol–water partition coefficient (Wildman–Crippen LogP) is 1.56. The summed E-state index contributed by atoms with van der Waals surface area (Å²) in [5.74, 6) is -1.34. The van der Waals surface area contributed by atoms with E-state index in [1.807, 2.05) is 0 Å². The number of nitrogens with one attached hydrogen (secondary N) is 1. The summed E-state index contributed by atoms with van der Waals surface area (Å²) < 4.78 is 0. The van der Waals surface area contributed by atoms with Crippen molar-refractivity contribution in [3.8, 4) is 0 Å². The first kappa shape index (κ1) is 16.2. The van der Waals surface area contributed by atoms with E-state index in [4.69, 9.17) is 28.3 Å². The van der Waals surface area contributed by atoms with E-state index in [1.54, 1.807) is 0 Å². The van der Waals surface area contributed by atoms with E-state index in [9.17, 15) is 19.7 Å². The van der Waals surface area contributed by atoms with Crippen LogP contribution < -0.4 is 5.32 Å². The molecule has 0 spiro atoms. The van der Waals surface area contributed by atoms with Gasteiger partial charge in [0.15, 0.2) is 0 Å². The van der Waals surface area contributed by atoms with Gasteiger partial charge in [-0.15, -0.1) is 0 Å². The second-order valence-electron chi connectivity index (χ2n) is 4.24. The van der Waals surface area contributed by atoms with Crippen molar-refractivity contribution in [2.45, 2.75) is 0 Å². The van der Waals surface area contributed by atoms with Crippen molar-refractivity contribution in [1.82, 2.24) is 4.90 Å². The van der Waals surface area contributed by atoms with Gasteiger partial charge in [0.25, 0.3) is 17.5 Å². The number of nitro groups is 1. The third kappa shape index (κ3) is 3.03. The third-order valence-electron chi connectivity index (χ3n) is 2.82. The van der Waals surface area contributed by atoms with Crippen LogP contribution in [0, 0.1) is 10.1 Å². The fraction of sp³-hybridized carbons (Fsp3) is 0.167. The number of benzene rings is 1. The van der Waals surface area contributed by atoms with E-state index in [1.165, 1.54) is 6.07 Å². The molecule has 0 saturated carbocycles. The van der Waals surface area contributed by atoms with Crippen molar-refractivity contribution in [3.63, 3.8) is 0 Å². The van der Waals surface area contributed by atoms with Gasteiger partial charge in [0, 0.05) is 17.2 Å². The van der Waals surface area contributed by atoms with Crippen molar-refractivity contribution in [2.24, 2.45) is 0 Å². The van der Waals surface area contributed by atoms with Crippen molar-refractivity contribution in [2.75, 3.05) is 18.5 Å². The lowest BCUT2D eigenvalue weighted by molar-refractivity contribution is -0.383. The molecule has 1 heterocycles. The molecule has 0 fully saturated rings. The highest BCUT2D eigenvalue weighted by Gasteiger charge is 2.32. The minimum absolute atomic E-state index is 0.0620. The van der Waals surface area contributed by atoms with Crippen LogP contribution in [-0.4, -0.2) is 39.9 Å². The van der Waals surface area contributed by atoms with Gasteiger partial charge in [-0.25, -0.2) is 0 Å². The minimum Gasteiger partial charge on any atom is -0.395 e. The smallest absolute Gasteiger partial charge is 0.295 e. The summed E-state index contributed by atoms with van der Waals surface area (Å²) in [6.07, 6.45) is 0.979. The van der Waals surface area contributed by atoms with E-state index < -0.39 is 22.4 Å². The average Bonchev–Trinajstić information content (AvgIpc) is 2.69. The molecule has 8 nitrogen and oxygen atoms in total. The van der Waals surface area contributed by atoms with Crippen LogP contribution in [0.2, 0.25) is 10.0 Å². The van der Waals surface area contributed by atoms with Crippen LogP contribution in [0.15, 0.2) is 23.9 Å². The van der Waals surface area contributed by atoms with Gasteiger partial charge < -0.3 is 10.4 Å². The largest absolute Gasteiger partial charge is 0.395 e. The highest BCUT2D eigenvalue weighted by Crippen LogP contribution is 2.36. The van der Waals surface area contributed by atoms with Crippen molar-refractivity contribution in [3.05, 3.63) is 44.1 Å². The van der Waals surface area contributed by atoms with E-state index in [0.29, 0.717) is 0 Å². The number of carbonyl (C=O) groups excluding carboxylic acids is 2. The Morgan fingerprint density at radius 3 is 2.59 bits per heavy atom. The highest BCUT2D eigenvalue weighted by atomic mass is 35.5. The normalized spacial score (nSPS) is 14.3. The Bertz CT molecular complexity index is 704. The maximum atomic E-state index is 12.0. The lowest BCUT2D eigenvalue weighted by atomic mass is 10.2. The van der Waals surface area contributed by atoms with Crippen molar-refractivity contribution >= 4 is 46.4 Å². The van der Waals surface area contributed by atoms with Gasteiger partial charge in [-0.05, 0) is 6.07 Å². The zero-order valence-corrected chi connectivity index (χ0v) is 12.4. The first-order valence-electron chi connectivity index (χ1n) is 5.94. The number of halogens is 2. The molecule has 0 bridgehead atoms. The fourth-order valence-corrected chi connectivity index (χ4v) is 2.40. The summed E-state index contributed by atoms with van der Waals surface area (Å²) in [6, 6.07) is 2.34. The molecule has 116 valence electrons. The second-order valence-corrected chi connectivity index (χ2v) is 5.08. The maximum absolute atomic E-state index is 12.0. The Labute approximate surface area is 134 Å². The zero-order valence-electron chi connectivity index (χ0n) is 10.9. The molecule has 10 heteroatoms. The van der Waals surface area contributed by atoms with Crippen LogP contribution >= 0.6 is 23.2 Å². The number of hydrogen-bond donors (Lipinski definition) is 2. The number of amides is 2. The van der Waals surface area contributed by atoms with Gasteiger partial charge in [0.1, 0.15) is 11.4 Å². The van der Waals surface area contributed by atoms with Gasteiger partial charge in [0.05, 0.1) is 23.1 Å². The molecule has 0 atom stereocenters. The fourth-order valence-electron chi connectivity index (χ4n) is 1.87. The molecule has 1 aromatic rings. The van der Waals surface area contributed by atoms with Crippen LogP contribution in [0.25, 0.3) is 0 Å². The Balaban J connectivity index is 2.36. The van der Waals surface area contributed by atoms with E-state index in [0.717, 1.165) is 17.0 Å². The van der Waals surface area contributed by atoms with Crippen LogP contribution in [0.4, 0.5) is 11.4 Å². The molecule has 2 amide bonds. The average molecular weight is 346 g/mol. The molecular formula is C12H9Cl2N3O5. The van der Waals surface area contributed by atoms with Gasteiger partial charge in [-0.1, -0.05) is 23.2 Å². The quantitative estimate of drug-likeness (QED) is 0.475. The van der Waals surface area contributed by atoms with E-state index in [2.05, 4.69) is 5.32 Å². The monoisotopic (exact) mass is 345 g/mol. The van der Waals surface area contributed by atoms with Crippen LogP contribution in [0.5, 0.6) is 0 Å². The van der Waals surface area contributed by atoms with Crippen molar-refractivity contribution in [1.29, 1.82) is 0 Å². The molecule has 2 rings (SSSR count). The number of nitro benzene ring substituents is 1. The number of nitrogens with zero attached hydrogens (tertiary/aromatic N) is 2. The molecule has 1 aromatic carbocycles. The first-order valence-corrected chi connectivity index (χ1v) is 6.69. The maximum Gasteiger partial charge on any atom is 0.295 e. The summed E-state index contributed by atoms with van der Waals surface area (Å²) >= 11 is 11.6. The number of aliphatic hydroxyl groups excluding tert-OH is 1. The third-order valence-corrected chi connectivity index (χ3v) is 3.34. The molecule has 22 heavy (non-hydrogen) atoms. The number of hydrogen-bond acceptors (Lipinski definition) is 6. The number of rotatable bonds is 5. The zero-order chi connectivity index (χ0) is 16.4. The number of β-amino-alcohol motifs (C(OH)–C–C–N with tert-alkyl or cyclic N) is 1. The van der Waals surface area contributed by atoms with E-state index in [-0.39, 0.29) is 34.6 Å². The SMILES string of the molecule is O=C1C=C(Nc2c(Cl)cc(Cl)cc2[N+](=O)[O-])C(=O)N1CCO. The summed E-state index contributed by atoms with van der Waals surface area (Å²) in [4.78, 5) is 34.8. The van der Waals surface area contributed by atoms with Crippen LogP contribution in [0.1, 0.15) is 0 Å². The van der Waals surface area contributed by atoms with Gasteiger partial charge in [-0.2, -0.15) is 0 Å². The molecule has 0 saturated heterocycles. The van der Waals surface area contributed by atoms with Gasteiger partial charge >= 0.3 is 0 Å². The Hall–Kier alpha value is -2.16. The summed E-state index contributed by atoms with van der Waals surface area (Å²) in [5.41, 5.74) is -0.751.